The van der Waals surface area contributed by atoms with E-state index in [0.717, 1.165) is 31.0 Å². The summed E-state index contributed by atoms with van der Waals surface area (Å²) in [7, 11) is 0. The maximum Gasteiger partial charge on any atom is 0.252 e. The second-order valence-corrected chi connectivity index (χ2v) is 5.38. The summed E-state index contributed by atoms with van der Waals surface area (Å²) in [5.41, 5.74) is 0.473. The van der Waals surface area contributed by atoms with Gasteiger partial charge in [0.25, 0.3) is 5.91 Å². The van der Waals surface area contributed by atoms with Crippen molar-refractivity contribution in [1.82, 2.24) is 5.32 Å². The van der Waals surface area contributed by atoms with Crippen LogP contribution in [0.15, 0.2) is 23.1 Å². The standard InChI is InChI=1S/C13H16ClNO2S/c14-12-4-3-10(18)6-11(12)13(16)15-7-9-2-1-5-17-8-9/h3-4,6,9,18H,1-2,5,7-8H2,(H,15,16). The van der Waals surface area contributed by atoms with E-state index in [1.807, 2.05) is 0 Å². The Morgan fingerprint density at radius 1 is 1.56 bits per heavy atom. The lowest BCUT2D eigenvalue weighted by Crippen LogP contribution is -2.33. The third-order valence-electron chi connectivity index (χ3n) is 3.00. The Labute approximate surface area is 117 Å². The maximum absolute atomic E-state index is 12.0. The van der Waals surface area contributed by atoms with Gasteiger partial charge in [0, 0.05) is 18.0 Å². The van der Waals surface area contributed by atoms with Gasteiger partial charge in [-0.15, -0.1) is 12.6 Å². The van der Waals surface area contributed by atoms with E-state index < -0.39 is 0 Å². The largest absolute Gasteiger partial charge is 0.381 e. The number of thiol groups is 1. The zero-order valence-electron chi connectivity index (χ0n) is 9.99. The zero-order chi connectivity index (χ0) is 13.0. The Morgan fingerprint density at radius 3 is 3.11 bits per heavy atom. The predicted octanol–water partition coefficient (Wildman–Crippen LogP) is 2.79. The summed E-state index contributed by atoms with van der Waals surface area (Å²) in [6.07, 6.45) is 2.16. The summed E-state index contributed by atoms with van der Waals surface area (Å²) < 4.78 is 5.37. The summed E-state index contributed by atoms with van der Waals surface area (Å²) in [6, 6.07) is 5.12. The van der Waals surface area contributed by atoms with Crippen molar-refractivity contribution in [2.24, 2.45) is 5.92 Å². The molecule has 0 spiro atoms. The molecule has 1 atom stereocenters. The molecule has 0 aliphatic carbocycles. The molecule has 1 aliphatic heterocycles. The van der Waals surface area contributed by atoms with E-state index in [2.05, 4.69) is 17.9 Å². The van der Waals surface area contributed by atoms with Crippen LogP contribution in [0.2, 0.25) is 5.02 Å². The molecule has 1 N–H and O–H groups in total. The quantitative estimate of drug-likeness (QED) is 0.838. The van der Waals surface area contributed by atoms with Crippen LogP contribution in [-0.2, 0) is 4.74 Å². The van der Waals surface area contributed by atoms with Crippen molar-refractivity contribution in [1.29, 1.82) is 0 Å². The lowest BCUT2D eigenvalue weighted by Gasteiger charge is -2.22. The van der Waals surface area contributed by atoms with E-state index >= 15 is 0 Å². The zero-order valence-corrected chi connectivity index (χ0v) is 11.6. The number of nitrogens with one attached hydrogen (secondary N) is 1. The van der Waals surface area contributed by atoms with Crippen LogP contribution in [0.25, 0.3) is 0 Å². The minimum Gasteiger partial charge on any atom is -0.381 e. The van der Waals surface area contributed by atoms with E-state index in [1.54, 1.807) is 18.2 Å². The Hall–Kier alpha value is -0.710. The smallest absolute Gasteiger partial charge is 0.252 e. The van der Waals surface area contributed by atoms with Crippen LogP contribution in [-0.4, -0.2) is 25.7 Å². The number of carbonyl (C=O) groups excluding carboxylic acids is 1. The highest BCUT2D eigenvalue weighted by Gasteiger charge is 2.16. The average molecular weight is 286 g/mol. The first-order valence-electron chi connectivity index (χ1n) is 6.01. The van der Waals surface area contributed by atoms with Crippen molar-refractivity contribution in [3.05, 3.63) is 28.8 Å². The Bertz CT molecular complexity index is 433. The Balaban J connectivity index is 1.92. The predicted molar refractivity (Wildman–Crippen MR) is 74.6 cm³/mol. The Kier molecular flexibility index (Phi) is 4.92. The highest BCUT2D eigenvalue weighted by molar-refractivity contribution is 7.80. The summed E-state index contributed by atoms with van der Waals surface area (Å²) in [6.45, 7) is 2.19. The molecule has 0 radical (unpaired) electrons. The van der Waals surface area contributed by atoms with Gasteiger partial charge in [0.15, 0.2) is 0 Å². The summed E-state index contributed by atoms with van der Waals surface area (Å²) in [5.74, 6) is 0.252. The number of halogens is 1. The van der Waals surface area contributed by atoms with Crippen molar-refractivity contribution in [3.63, 3.8) is 0 Å². The molecule has 5 heteroatoms. The second kappa shape index (κ2) is 6.45. The van der Waals surface area contributed by atoms with Crippen molar-refractivity contribution in [3.8, 4) is 0 Å². The van der Waals surface area contributed by atoms with Gasteiger partial charge in [-0.05, 0) is 37.0 Å². The first-order valence-corrected chi connectivity index (χ1v) is 6.84. The van der Waals surface area contributed by atoms with E-state index in [9.17, 15) is 4.79 Å². The van der Waals surface area contributed by atoms with Crippen LogP contribution >= 0.6 is 24.2 Å². The van der Waals surface area contributed by atoms with Gasteiger partial charge in [0.1, 0.15) is 0 Å². The van der Waals surface area contributed by atoms with Gasteiger partial charge in [-0.3, -0.25) is 4.79 Å². The van der Waals surface area contributed by atoms with Crippen molar-refractivity contribution < 1.29 is 9.53 Å². The fourth-order valence-electron chi connectivity index (χ4n) is 1.99. The molecule has 1 aliphatic rings. The van der Waals surface area contributed by atoms with Gasteiger partial charge in [-0.25, -0.2) is 0 Å². The average Bonchev–Trinajstić information content (AvgIpc) is 2.40. The summed E-state index contributed by atoms with van der Waals surface area (Å²) in [4.78, 5) is 12.7. The fourth-order valence-corrected chi connectivity index (χ4v) is 2.39. The van der Waals surface area contributed by atoms with Gasteiger partial charge in [0.2, 0.25) is 0 Å². The van der Waals surface area contributed by atoms with Gasteiger partial charge in [-0.2, -0.15) is 0 Å². The molecule has 1 amide bonds. The minimum absolute atomic E-state index is 0.151. The molecule has 2 rings (SSSR count). The first-order chi connectivity index (χ1) is 8.66. The molecule has 1 aromatic rings. The van der Waals surface area contributed by atoms with Gasteiger partial charge in [-0.1, -0.05) is 11.6 Å². The molecule has 1 aromatic carbocycles. The number of hydrogen-bond donors (Lipinski definition) is 2. The summed E-state index contributed by atoms with van der Waals surface area (Å²) >= 11 is 10.2. The van der Waals surface area contributed by atoms with Crippen molar-refractivity contribution in [2.75, 3.05) is 19.8 Å². The molecule has 1 fully saturated rings. The number of carbonyl (C=O) groups is 1. The lowest BCUT2D eigenvalue weighted by atomic mass is 10.0. The molecule has 0 aromatic heterocycles. The number of ether oxygens (including phenoxy) is 1. The Morgan fingerprint density at radius 2 is 2.39 bits per heavy atom. The molecule has 3 nitrogen and oxygen atoms in total. The van der Waals surface area contributed by atoms with Crippen LogP contribution in [0.4, 0.5) is 0 Å². The maximum atomic E-state index is 12.0. The van der Waals surface area contributed by atoms with E-state index in [-0.39, 0.29) is 5.91 Å². The third-order valence-corrected chi connectivity index (χ3v) is 3.61. The molecule has 1 saturated heterocycles. The van der Waals surface area contributed by atoms with Gasteiger partial charge in [0.05, 0.1) is 17.2 Å². The molecule has 1 unspecified atom stereocenters. The third kappa shape index (κ3) is 3.64. The highest BCUT2D eigenvalue weighted by Crippen LogP contribution is 2.20. The molecule has 1 heterocycles. The molecule has 0 bridgehead atoms. The van der Waals surface area contributed by atoms with Crippen LogP contribution in [0.5, 0.6) is 0 Å². The van der Waals surface area contributed by atoms with Crippen LogP contribution in [0, 0.1) is 5.92 Å². The normalized spacial score (nSPS) is 19.6. The van der Waals surface area contributed by atoms with Crippen molar-refractivity contribution >= 4 is 30.1 Å². The molecule has 98 valence electrons. The topological polar surface area (TPSA) is 38.3 Å². The highest BCUT2D eigenvalue weighted by atomic mass is 35.5. The second-order valence-electron chi connectivity index (χ2n) is 4.46. The number of benzene rings is 1. The van der Waals surface area contributed by atoms with Gasteiger partial charge < -0.3 is 10.1 Å². The monoisotopic (exact) mass is 285 g/mol. The van der Waals surface area contributed by atoms with Crippen LogP contribution in [0.1, 0.15) is 23.2 Å². The first kappa shape index (κ1) is 13.7. The van der Waals surface area contributed by atoms with E-state index in [4.69, 9.17) is 16.3 Å². The van der Waals surface area contributed by atoms with E-state index in [0.29, 0.717) is 23.0 Å². The van der Waals surface area contributed by atoms with Gasteiger partial charge >= 0.3 is 0 Å². The molecule has 18 heavy (non-hydrogen) atoms. The lowest BCUT2D eigenvalue weighted by molar-refractivity contribution is 0.0536. The number of hydrogen-bond acceptors (Lipinski definition) is 3. The number of amides is 1. The van der Waals surface area contributed by atoms with E-state index in [1.165, 1.54) is 0 Å². The van der Waals surface area contributed by atoms with Crippen LogP contribution < -0.4 is 5.32 Å². The molecule has 0 saturated carbocycles. The minimum atomic E-state index is -0.151. The van der Waals surface area contributed by atoms with Crippen LogP contribution in [0.3, 0.4) is 0 Å². The van der Waals surface area contributed by atoms with Crippen molar-refractivity contribution in [2.45, 2.75) is 17.7 Å². The molecular formula is C13H16ClNO2S. The number of rotatable bonds is 3. The molecular weight excluding hydrogens is 270 g/mol. The fraction of sp³-hybridized carbons (Fsp3) is 0.462. The SMILES string of the molecule is O=C(NCC1CCCOC1)c1cc(S)ccc1Cl. The summed E-state index contributed by atoms with van der Waals surface area (Å²) in [5, 5.41) is 3.35.